The Balaban J connectivity index is 1.43. The molecular weight excluding hydrogens is 374 g/mol. The molecule has 7 nitrogen and oxygen atoms in total. The molecule has 7 heteroatoms. The van der Waals surface area contributed by atoms with E-state index in [1.807, 2.05) is 43.3 Å². The number of aryl methyl sites for hydroxylation is 1. The van der Waals surface area contributed by atoms with Gasteiger partial charge in [-0.1, -0.05) is 24.3 Å². The Hall–Kier alpha value is -3.22. The van der Waals surface area contributed by atoms with Crippen molar-refractivity contribution in [3.63, 3.8) is 0 Å². The molecule has 0 fully saturated rings. The predicted octanol–water partition coefficient (Wildman–Crippen LogP) is 2.99. The van der Waals surface area contributed by atoms with E-state index in [9.17, 15) is 9.59 Å². The quantitative estimate of drug-likeness (QED) is 0.653. The summed E-state index contributed by atoms with van der Waals surface area (Å²) in [4.78, 5) is 24.4. The normalized spacial score (nSPS) is 12.9. The second kappa shape index (κ2) is 9.82. The molecule has 0 bridgehead atoms. The van der Waals surface area contributed by atoms with Crippen LogP contribution in [0.15, 0.2) is 42.5 Å². The number of amides is 1. The monoisotopic (exact) mass is 399 g/mol. The number of esters is 1. The van der Waals surface area contributed by atoms with Gasteiger partial charge in [-0.05, 0) is 49.6 Å². The first-order valence-electron chi connectivity index (χ1n) is 9.63. The average Bonchev–Trinajstić information content (AvgIpc) is 3.19. The van der Waals surface area contributed by atoms with Crippen LogP contribution in [0.1, 0.15) is 31.4 Å². The van der Waals surface area contributed by atoms with Crippen molar-refractivity contribution in [3.8, 4) is 17.2 Å². The van der Waals surface area contributed by atoms with Crippen molar-refractivity contribution in [2.24, 2.45) is 0 Å². The maximum absolute atomic E-state index is 12.2. The number of nitrogens with one attached hydrogen (secondary N) is 1. The molecule has 0 radical (unpaired) electrons. The Labute approximate surface area is 169 Å². The number of rotatable bonds is 9. The van der Waals surface area contributed by atoms with Gasteiger partial charge in [0, 0.05) is 13.0 Å². The van der Waals surface area contributed by atoms with Crippen LogP contribution in [0.3, 0.4) is 0 Å². The molecule has 0 saturated carbocycles. The lowest BCUT2D eigenvalue weighted by molar-refractivity contribution is -0.154. The van der Waals surface area contributed by atoms with Crippen LogP contribution in [-0.2, 0) is 27.3 Å². The number of carbonyl (C=O) groups excluding carboxylic acids is 2. The van der Waals surface area contributed by atoms with Gasteiger partial charge in [0.1, 0.15) is 5.75 Å². The third-order valence-corrected chi connectivity index (χ3v) is 4.45. The van der Waals surface area contributed by atoms with Crippen LogP contribution in [0, 0.1) is 0 Å². The molecule has 29 heavy (non-hydrogen) atoms. The molecule has 1 atom stereocenters. The molecule has 0 saturated heterocycles. The van der Waals surface area contributed by atoms with Crippen LogP contribution < -0.4 is 19.5 Å². The summed E-state index contributed by atoms with van der Waals surface area (Å²) in [5.41, 5.74) is 1.81. The first kappa shape index (κ1) is 20.5. The summed E-state index contributed by atoms with van der Waals surface area (Å²) in [5, 5.41) is 2.76. The lowest BCUT2D eigenvalue weighted by Gasteiger charge is -2.14. The molecule has 154 valence electrons. The Bertz CT molecular complexity index is 866. The maximum atomic E-state index is 12.2. The minimum Gasteiger partial charge on any atom is -0.494 e. The Kier molecular flexibility index (Phi) is 6.94. The van der Waals surface area contributed by atoms with Gasteiger partial charge in [0.25, 0.3) is 5.91 Å². The summed E-state index contributed by atoms with van der Waals surface area (Å²) in [6.45, 7) is 4.53. The van der Waals surface area contributed by atoms with E-state index < -0.39 is 12.1 Å². The highest BCUT2D eigenvalue weighted by molar-refractivity contribution is 5.83. The standard InChI is InChI=1S/C22H25NO6/c1-3-26-18-7-5-4-6-17(18)9-11-21(24)29-15(2)22(25)23-13-16-8-10-19-20(12-16)28-14-27-19/h4-8,10,12,15H,3,9,11,13-14H2,1-2H3,(H,23,25)/t15-/m1/s1. The highest BCUT2D eigenvalue weighted by Gasteiger charge is 2.19. The summed E-state index contributed by atoms with van der Waals surface area (Å²) in [5.74, 6) is 1.32. The molecular formula is C22H25NO6. The summed E-state index contributed by atoms with van der Waals surface area (Å²) >= 11 is 0. The van der Waals surface area contributed by atoms with Gasteiger partial charge in [-0.15, -0.1) is 0 Å². The molecule has 1 N–H and O–H groups in total. The van der Waals surface area contributed by atoms with Gasteiger partial charge >= 0.3 is 5.97 Å². The molecule has 1 heterocycles. The minimum atomic E-state index is -0.876. The number of hydrogen-bond donors (Lipinski definition) is 1. The zero-order chi connectivity index (χ0) is 20.6. The van der Waals surface area contributed by atoms with Crippen molar-refractivity contribution in [3.05, 3.63) is 53.6 Å². The van der Waals surface area contributed by atoms with E-state index in [1.165, 1.54) is 0 Å². The van der Waals surface area contributed by atoms with Gasteiger partial charge < -0.3 is 24.3 Å². The van der Waals surface area contributed by atoms with Crippen LogP contribution in [-0.4, -0.2) is 31.4 Å². The van der Waals surface area contributed by atoms with Gasteiger partial charge in [-0.2, -0.15) is 0 Å². The lowest BCUT2D eigenvalue weighted by atomic mass is 10.1. The number of fused-ring (bicyclic) bond motifs is 1. The van der Waals surface area contributed by atoms with E-state index in [0.29, 0.717) is 31.1 Å². The van der Waals surface area contributed by atoms with Crippen LogP contribution in [0.4, 0.5) is 0 Å². The van der Waals surface area contributed by atoms with Crippen LogP contribution in [0.2, 0.25) is 0 Å². The fourth-order valence-electron chi connectivity index (χ4n) is 2.94. The van der Waals surface area contributed by atoms with Gasteiger partial charge in [0.2, 0.25) is 6.79 Å². The Morgan fingerprint density at radius 3 is 2.76 bits per heavy atom. The molecule has 2 aromatic rings. The van der Waals surface area contributed by atoms with Gasteiger partial charge in [-0.25, -0.2) is 0 Å². The van der Waals surface area contributed by atoms with Crippen molar-refractivity contribution < 1.29 is 28.5 Å². The third kappa shape index (κ3) is 5.63. The van der Waals surface area contributed by atoms with Crippen LogP contribution in [0.25, 0.3) is 0 Å². The van der Waals surface area contributed by atoms with E-state index in [4.69, 9.17) is 18.9 Å². The van der Waals surface area contributed by atoms with Gasteiger partial charge in [0.05, 0.1) is 6.61 Å². The van der Waals surface area contributed by atoms with E-state index in [1.54, 1.807) is 13.0 Å². The first-order chi connectivity index (χ1) is 14.1. The Morgan fingerprint density at radius 1 is 1.14 bits per heavy atom. The van der Waals surface area contributed by atoms with Gasteiger partial charge in [-0.3, -0.25) is 9.59 Å². The van der Waals surface area contributed by atoms with E-state index in [0.717, 1.165) is 16.9 Å². The molecule has 0 aliphatic carbocycles. The van der Waals surface area contributed by atoms with Gasteiger partial charge in [0.15, 0.2) is 17.6 Å². The van der Waals surface area contributed by atoms with E-state index in [-0.39, 0.29) is 19.1 Å². The fraction of sp³-hybridized carbons (Fsp3) is 0.364. The highest BCUT2D eigenvalue weighted by atomic mass is 16.7. The number of benzene rings is 2. The zero-order valence-corrected chi connectivity index (χ0v) is 16.6. The number of ether oxygens (including phenoxy) is 4. The summed E-state index contributed by atoms with van der Waals surface area (Å²) in [6.07, 6.45) is -0.219. The second-order valence-corrected chi connectivity index (χ2v) is 6.58. The SMILES string of the molecule is CCOc1ccccc1CCC(=O)O[C@H](C)C(=O)NCc1ccc2c(c1)OCO2. The summed E-state index contributed by atoms with van der Waals surface area (Å²) in [6, 6.07) is 13.0. The van der Waals surface area contributed by atoms with Crippen molar-refractivity contribution in [2.45, 2.75) is 39.3 Å². The van der Waals surface area contributed by atoms with Crippen molar-refractivity contribution in [1.29, 1.82) is 0 Å². The second-order valence-electron chi connectivity index (χ2n) is 6.58. The zero-order valence-electron chi connectivity index (χ0n) is 16.6. The number of hydrogen-bond acceptors (Lipinski definition) is 6. The molecule has 3 rings (SSSR count). The minimum absolute atomic E-state index is 0.171. The van der Waals surface area contributed by atoms with Crippen LogP contribution >= 0.6 is 0 Å². The largest absolute Gasteiger partial charge is 0.494 e. The van der Waals surface area contributed by atoms with E-state index in [2.05, 4.69) is 5.32 Å². The van der Waals surface area contributed by atoms with Crippen molar-refractivity contribution >= 4 is 11.9 Å². The summed E-state index contributed by atoms with van der Waals surface area (Å²) < 4.78 is 21.4. The van der Waals surface area contributed by atoms with Crippen LogP contribution in [0.5, 0.6) is 17.2 Å². The summed E-state index contributed by atoms with van der Waals surface area (Å²) in [7, 11) is 0. The molecule has 0 unspecified atom stereocenters. The molecule has 0 aromatic heterocycles. The molecule has 1 aliphatic rings. The smallest absolute Gasteiger partial charge is 0.306 e. The molecule has 1 aliphatic heterocycles. The topological polar surface area (TPSA) is 83.1 Å². The third-order valence-electron chi connectivity index (χ3n) is 4.45. The number of carbonyl (C=O) groups is 2. The first-order valence-corrected chi connectivity index (χ1v) is 9.63. The average molecular weight is 399 g/mol. The highest BCUT2D eigenvalue weighted by Crippen LogP contribution is 2.32. The predicted molar refractivity (Wildman–Crippen MR) is 106 cm³/mol. The van der Waals surface area contributed by atoms with E-state index >= 15 is 0 Å². The van der Waals surface area contributed by atoms with Crippen molar-refractivity contribution in [2.75, 3.05) is 13.4 Å². The Morgan fingerprint density at radius 2 is 1.93 bits per heavy atom. The molecule has 2 aromatic carbocycles. The fourth-order valence-corrected chi connectivity index (χ4v) is 2.94. The molecule has 0 spiro atoms. The lowest BCUT2D eigenvalue weighted by Crippen LogP contribution is -2.35. The maximum Gasteiger partial charge on any atom is 0.306 e. The number of para-hydroxylation sites is 1. The van der Waals surface area contributed by atoms with Crippen molar-refractivity contribution in [1.82, 2.24) is 5.32 Å². The molecule has 1 amide bonds.